The summed E-state index contributed by atoms with van der Waals surface area (Å²) >= 11 is 3.40. The summed E-state index contributed by atoms with van der Waals surface area (Å²) in [5.74, 6) is 0.140. The largest absolute Gasteiger partial charge is 0.466 e. The van der Waals surface area contributed by atoms with Crippen molar-refractivity contribution in [1.82, 2.24) is 10.2 Å². The molecule has 0 bridgehead atoms. The van der Waals surface area contributed by atoms with E-state index >= 15 is 0 Å². The van der Waals surface area contributed by atoms with Gasteiger partial charge in [-0.05, 0) is 60.0 Å². The summed E-state index contributed by atoms with van der Waals surface area (Å²) < 4.78 is 45.6. The molecule has 4 nitrogen and oxygen atoms in total. The maximum atomic E-state index is 13.0. The second-order valence-electron chi connectivity index (χ2n) is 7.20. The molecule has 1 unspecified atom stereocenters. The Labute approximate surface area is 180 Å². The first-order valence-electron chi connectivity index (χ1n) is 9.26. The molecule has 2 aromatic rings. The van der Waals surface area contributed by atoms with E-state index in [9.17, 15) is 18.0 Å². The van der Waals surface area contributed by atoms with Crippen molar-refractivity contribution in [2.75, 3.05) is 6.54 Å². The fourth-order valence-electron chi connectivity index (χ4n) is 3.53. The molecule has 0 fully saturated rings. The van der Waals surface area contributed by atoms with Gasteiger partial charge < -0.3 is 15.0 Å². The molecule has 1 N–H and O–H groups in total. The minimum Gasteiger partial charge on any atom is -0.466 e. The number of carbonyl (C=O) groups is 1. The van der Waals surface area contributed by atoms with E-state index in [0.717, 1.165) is 27.7 Å². The summed E-state index contributed by atoms with van der Waals surface area (Å²) in [6, 6.07) is 11.0. The molecule has 0 spiro atoms. The first-order valence-corrected chi connectivity index (χ1v) is 10.1. The van der Waals surface area contributed by atoms with Gasteiger partial charge in [0.15, 0.2) is 0 Å². The zero-order valence-electron chi connectivity index (χ0n) is 16.0. The van der Waals surface area contributed by atoms with E-state index in [2.05, 4.69) is 21.2 Å². The molecule has 0 aliphatic carbocycles. The lowest BCUT2D eigenvalue weighted by Crippen LogP contribution is -2.39. The molecule has 156 valence electrons. The van der Waals surface area contributed by atoms with Gasteiger partial charge in [0, 0.05) is 23.8 Å². The van der Waals surface area contributed by atoms with Crippen LogP contribution in [0.5, 0.6) is 5.75 Å². The van der Waals surface area contributed by atoms with Crippen LogP contribution in [0.25, 0.3) is 0 Å². The number of rotatable bonds is 4. The van der Waals surface area contributed by atoms with Gasteiger partial charge in [0.05, 0.1) is 11.1 Å². The number of aryl methyl sites for hydroxylation is 1. The van der Waals surface area contributed by atoms with Gasteiger partial charge in [0.1, 0.15) is 5.75 Å². The lowest BCUT2D eigenvalue weighted by Gasteiger charge is -2.24. The van der Waals surface area contributed by atoms with E-state index in [0.29, 0.717) is 30.0 Å². The van der Waals surface area contributed by atoms with E-state index in [1.807, 2.05) is 30.3 Å². The molecule has 2 aliphatic heterocycles. The van der Waals surface area contributed by atoms with Crippen LogP contribution in [0.3, 0.4) is 0 Å². The van der Waals surface area contributed by atoms with Gasteiger partial charge in [-0.3, -0.25) is 4.79 Å². The van der Waals surface area contributed by atoms with Crippen LogP contribution in [0.4, 0.5) is 13.2 Å². The normalized spacial score (nSPS) is 18.5. The molecule has 0 aromatic heterocycles. The number of ether oxygens (including phenoxy) is 1. The van der Waals surface area contributed by atoms with Gasteiger partial charge in [-0.1, -0.05) is 28.1 Å². The molecule has 1 atom stereocenters. The standard InChI is InChI=1S/C22H18BrF3N2O2/c1-13-10-16(22(24,25)26)4-7-18(13)30-20-19-15(8-9-27-20)12-28(21(19)29)11-14-2-5-17(23)6-3-14/h2-10,20,27H,11-12H2,1H3. The van der Waals surface area contributed by atoms with E-state index in [1.54, 1.807) is 18.0 Å². The van der Waals surface area contributed by atoms with Crippen LogP contribution in [-0.4, -0.2) is 23.6 Å². The third-order valence-electron chi connectivity index (χ3n) is 5.05. The summed E-state index contributed by atoms with van der Waals surface area (Å²) in [7, 11) is 0. The van der Waals surface area contributed by atoms with Crippen LogP contribution < -0.4 is 10.1 Å². The van der Waals surface area contributed by atoms with Crippen LogP contribution in [0, 0.1) is 6.92 Å². The molecule has 8 heteroatoms. The Morgan fingerprint density at radius 3 is 2.60 bits per heavy atom. The van der Waals surface area contributed by atoms with Crippen molar-refractivity contribution in [2.45, 2.75) is 25.9 Å². The fourth-order valence-corrected chi connectivity index (χ4v) is 3.79. The molecule has 30 heavy (non-hydrogen) atoms. The molecule has 4 rings (SSSR count). The predicted octanol–water partition coefficient (Wildman–Crippen LogP) is 4.94. The number of hydrogen-bond donors (Lipinski definition) is 1. The Morgan fingerprint density at radius 2 is 1.93 bits per heavy atom. The number of dihydropyridines is 1. The van der Waals surface area contributed by atoms with Crippen LogP contribution >= 0.6 is 15.9 Å². The minimum atomic E-state index is -4.42. The second kappa shape index (κ2) is 7.83. The fraction of sp³-hybridized carbons (Fsp3) is 0.227. The molecule has 0 saturated heterocycles. The number of hydrogen-bond acceptors (Lipinski definition) is 3. The summed E-state index contributed by atoms with van der Waals surface area (Å²) in [4.78, 5) is 14.8. The quantitative estimate of drug-likeness (QED) is 0.676. The average molecular weight is 479 g/mol. The van der Waals surface area contributed by atoms with Crippen LogP contribution in [0.2, 0.25) is 0 Å². The molecule has 0 saturated carbocycles. The van der Waals surface area contributed by atoms with E-state index < -0.39 is 18.0 Å². The molecular weight excluding hydrogens is 461 g/mol. The highest BCUT2D eigenvalue weighted by molar-refractivity contribution is 9.10. The van der Waals surface area contributed by atoms with Crippen molar-refractivity contribution in [3.8, 4) is 5.75 Å². The number of nitrogens with zero attached hydrogens (tertiary/aromatic N) is 1. The number of nitrogens with one attached hydrogen (secondary N) is 1. The van der Waals surface area contributed by atoms with E-state index in [4.69, 9.17) is 4.74 Å². The van der Waals surface area contributed by atoms with Crippen LogP contribution in [0.1, 0.15) is 16.7 Å². The van der Waals surface area contributed by atoms with Gasteiger partial charge >= 0.3 is 6.18 Å². The Balaban J connectivity index is 1.52. The van der Waals surface area contributed by atoms with Gasteiger partial charge in [-0.2, -0.15) is 13.2 Å². The summed E-state index contributed by atoms with van der Waals surface area (Å²) in [6.45, 7) is 2.46. The zero-order valence-corrected chi connectivity index (χ0v) is 17.5. The highest BCUT2D eigenvalue weighted by Gasteiger charge is 2.37. The first-order chi connectivity index (χ1) is 14.2. The molecule has 1 amide bonds. The Kier molecular flexibility index (Phi) is 5.36. The Morgan fingerprint density at radius 1 is 1.20 bits per heavy atom. The van der Waals surface area contributed by atoms with Crippen molar-refractivity contribution in [3.63, 3.8) is 0 Å². The first kappa shape index (κ1) is 20.5. The van der Waals surface area contributed by atoms with Crippen LogP contribution in [-0.2, 0) is 17.5 Å². The number of benzene rings is 2. The highest BCUT2D eigenvalue weighted by Crippen LogP contribution is 2.34. The highest BCUT2D eigenvalue weighted by atomic mass is 79.9. The third kappa shape index (κ3) is 4.09. The molecule has 2 heterocycles. The lowest BCUT2D eigenvalue weighted by molar-refractivity contribution is -0.137. The number of alkyl halides is 3. The summed E-state index contributed by atoms with van der Waals surface area (Å²) in [5.41, 5.74) is 1.93. The van der Waals surface area contributed by atoms with Crippen molar-refractivity contribution < 1.29 is 22.7 Å². The second-order valence-corrected chi connectivity index (χ2v) is 8.12. The molecule has 2 aliphatic rings. The number of carbonyl (C=O) groups excluding carboxylic acids is 1. The molecular formula is C22H18BrF3N2O2. The van der Waals surface area contributed by atoms with Crippen molar-refractivity contribution in [1.29, 1.82) is 0 Å². The van der Waals surface area contributed by atoms with Crippen molar-refractivity contribution >= 4 is 21.8 Å². The molecule has 2 aromatic carbocycles. The number of amides is 1. The average Bonchev–Trinajstić information content (AvgIpc) is 3.01. The smallest absolute Gasteiger partial charge is 0.416 e. The number of halogens is 4. The zero-order chi connectivity index (χ0) is 21.5. The summed E-state index contributed by atoms with van der Waals surface area (Å²) in [5, 5.41) is 3.00. The van der Waals surface area contributed by atoms with Gasteiger partial charge in [-0.15, -0.1) is 0 Å². The predicted molar refractivity (Wildman–Crippen MR) is 109 cm³/mol. The molecule has 0 radical (unpaired) electrons. The monoisotopic (exact) mass is 478 g/mol. The Hall–Kier alpha value is -2.74. The lowest BCUT2D eigenvalue weighted by atomic mass is 10.1. The van der Waals surface area contributed by atoms with E-state index in [-0.39, 0.29) is 5.91 Å². The third-order valence-corrected chi connectivity index (χ3v) is 5.58. The summed E-state index contributed by atoms with van der Waals surface area (Å²) in [6.07, 6.45) is -1.66. The topological polar surface area (TPSA) is 41.6 Å². The maximum absolute atomic E-state index is 13.0. The van der Waals surface area contributed by atoms with Gasteiger partial charge in [-0.25, -0.2) is 0 Å². The maximum Gasteiger partial charge on any atom is 0.416 e. The van der Waals surface area contributed by atoms with Gasteiger partial charge in [0.2, 0.25) is 6.23 Å². The SMILES string of the molecule is Cc1cc(C(F)(F)F)ccc1OC1NC=CC2=C1C(=O)N(Cc1ccc(Br)cc1)C2. The van der Waals surface area contributed by atoms with E-state index in [1.165, 1.54) is 6.07 Å². The Bertz CT molecular complexity index is 1050. The van der Waals surface area contributed by atoms with Crippen LogP contribution in [0.15, 0.2) is 70.4 Å². The van der Waals surface area contributed by atoms with Crippen molar-refractivity contribution in [3.05, 3.63) is 87.0 Å². The van der Waals surface area contributed by atoms with Gasteiger partial charge in [0.25, 0.3) is 5.91 Å². The minimum absolute atomic E-state index is 0.153. The van der Waals surface area contributed by atoms with Crippen molar-refractivity contribution in [2.24, 2.45) is 0 Å².